The summed E-state index contributed by atoms with van der Waals surface area (Å²) in [4.78, 5) is 29.0. The molecule has 2 aromatic carbocycles. The van der Waals surface area contributed by atoms with E-state index in [1.165, 1.54) is 22.1 Å². The Hall–Kier alpha value is -3.04. The molecule has 162 valence electrons. The number of carbonyl (C=O) groups is 1. The Labute approximate surface area is 180 Å². The van der Waals surface area contributed by atoms with Gasteiger partial charge in [-0.25, -0.2) is 13.4 Å². The molecule has 0 bridgehead atoms. The molecule has 8 nitrogen and oxygen atoms in total. The first-order valence-electron chi connectivity index (χ1n) is 10.1. The van der Waals surface area contributed by atoms with Gasteiger partial charge >= 0.3 is 0 Å². The number of aryl methyl sites for hydroxylation is 1. The molecule has 0 aliphatic carbocycles. The van der Waals surface area contributed by atoms with E-state index in [0.29, 0.717) is 30.3 Å². The van der Waals surface area contributed by atoms with Crippen molar-refractivity contribution < 1.29 is 13.2 Å². The molecular formula is C22H24N4O4S. The average Bonchev–Trinajstić information content (AvgIpc) is 2.75. The minimum absolute atomic E-state index is 0.0623. The van der Waals surface area contributed by atoms with Crippen LogP contribution in [0.25, 0.3) is 10.9 Å². The zero-order valence-corrected chi connectivity index (χ0v) is 18.2. The third-order valence-electron chi connectivity index (χ3n) is 5.51. The number of piperidine rings is 1. The number of aromatic nitrogens is 2. The number of hydrogen-bond donors (Lipinski definition) is 1. The van der Waals surface area contributed by atoms with Crippen LogP contribution in [0.15, 0.2) is 58.5 Å². The summed E-state index contributed by atoms with van der Waals surface area (Å²) in [5.41, 5.74) is 1.47. The molecule has 1 amide bonds. The maximum absolute atomic E-state index is 13.5. The first kappa shape index (κ1) is 21.2. The summed E-state index contributed by atoms with van der Waals surface area (Å²) in [6, 6.07) is 11.7. The monoisotopic (exact) mass is 440 g/mol. The van der Waals surface area contributed by atoms with Gasteiger partial charge in [-0.15, -0.1) is 0 Å². The number of benzene rings is 2. The summed E-state index contributed by atoms with van der Waals surface area (Å²) in [7, 11) is -3.87. The highest BCUT2D eigenvalue weighted by Gasteiger charge is 2.33. The molecule has 31 heavy (non-hydrogen) atoms. The zero-order valence-electron chi connectivity index (χ0n) is 17.4. The molecule has 1 fully saturated rings. The van der Waals surface area contributed by atoms with Crippen molar-refractivity contribution in [3.63, 3.8) is 0 Å². The number of nitrogens with one attached hydrogen (secondary N) is 1. The minimum atomic E-state index is -3.87. The van der Waals surface area contributed by atoms with Crippen molar-refractivity contribution in [2.45, 2.75) is 37.6 Å². The van der Waals surface area contributed by atoms with Gasteiger partial charge in [-0.3, -0.25) is 14.2 Å². The smallest absolute Gasteiger partial charge is 0.261 e. The molecule has 1 aliphatic rings. The molecule has 0 unspecified atom stereocenters. The summed E-state index contributed by atoms with van der Waals surface area (Å²) in [6.07, 6.45) is 2.80. The Bertz CT molecular complexity index is 1320. The van der Waals surface area contributed by atoms with Crippen molar-refractivity contribution in [1.82, 2.24) is 13.9 Å². The predicted molar refractivity (Wildman–Crippen MR) is 119 cm³/mol. The van der Waals surface area contributed by atoms with Crippen molar-refractivity contribution >= 4 is 32.5 Å². The third-order valence-corrected chi connectivity index (χ3v) is 7.41. The lowest BCUT2D eigenvalue weighted by molar-refractivity contribution is -0.114. The van der Waals surface area contributed by atoms with Gasteiger partial charge in [0.2, 0.25) is 15.9 Å². The third kappa shape index (κ3) is 4.11. The summed E-state index contributed by atoms with van der Waals surface area (Å²) < 4.78 is 29.9. The Morgan fingerprint density at radius 3 is 2.74 bits per heavy atom. The van der Waals surface area contributed by atoms with Crippen LogP contribution >= 0.6 is 0 Å². The molecule has 1 aliphatic heterocycles. The minimum Gasteiger partial charge on any atom is -0.325 e. The summed E-state index contributed by atoms with van der Waals surface area (Å²) in [5.74, 6) is -0.342. The normalized spacial score (nSPS) is 17.5. The fourth-order valence-electron chi connectivity index (χ4n) is 3.98. The number of hydrogen-bond acceptors (Lipinski definition) is 5. The summed E-state index contributed by atoms with van der Waals surface area (Å²) in [5, 5.41) is 3.12. The van der Waals surface area contributed by atoms with Crippen molar-refractivity contribution in [3.8, 4) is 0 Å². The van der Waals surface area contributed by atoms with E-state index in [9.17, 15) is 18.0 Å². The summed E-state index contributed by atoms with van der Waals surface area (Å²) in [6.45, 7) is 3.65. The first-order valence-corrected chi connectivity index (χ1v) is 11.6. The highest BCUT2D eigenvalue weighted by Crippen LogP contribution is 2.30. The van der Waals surface area contributed by atoms with Crippen molar-refractivity contribution in [1.29, 1.82) is 0 Å². The molecule has 9 heteroatoms. The highest BCUT2D eigenvalue weighted by atomic mass is 32.2. The number of anilines is 1. The lowest BCUT2D eigenvalue weighted by atomic mass is 10.1. The van der Waals surface area contributed by atoms with Crippen LogP contribution in [-0.2, 0) is 14.8 Å². The van der Waals surface area contributed by atoms with Gasteiger partial charge in [0, 0.05) is 20.0 Å². The maximum atomic E-state index is 13.5. The lowest BCUT2D eigenvalue weighted by Crippen LogP contribution is -2.43. The Morgan fingerprint density at radius 1 is 1.19 bits per heavy atom. The van der Waals surface area contributed by atoms with Crippen LogP contribution < -0.4 is 10.9 Å². The molecule has 1 N–H and O–H groups in total. The van der Waals surface area contributed by atoms with Crippen LogP contribution in [-0.4, -0.2) is 41.3 Å². The van der Waals surface area contributed by atoms with Crippen molar-refractivity contribution in [2.24, 2.45) is 0 Å². The number of para-hydroxylation sites is 1. The van der Waals surface area contributed by atoms with Crippen LogP contribution in [0.2, 0.25) is 0 Å². The zero-order chi connectivity index (χ0) is 22.2. The fraction of sp³-hybridized carbons (Fsp3) is 0.318. The topological polar surface area (TPSA) is 101 Å². The molecule has 0 spiro atoms. The van der Waals surface area contributed by atoms with Gasteiger partial charge in [0.1, 0.15) is 4.90 Å². The van der Waals surface area contributed by atoms with Gasteiger partial charge < -0.3 is 5.32 Å². The number of nitrogens with zero attached hydrogens (tertiary/aromatic N) is 3. The van der Waals surface area contributed by atoms with Crippen LogP contribution in [0.4, 0.5) is 5.69 Å². The van der Waals surface area contributed by atoms with E-state index in [2.05, 4.69) is 10.3 Å². The van der Waals surface area contributed by atoms with E-state index >= 15 is 0 Å². The van der Waals surface area contributed by atoms with Crippen LogP contribution in [0.1, 0.15) is 31.4 Å². The van der Waals surface area contributed by atoms with Crippen molar-refractivity contribution in [3.05, 3.63) is 64.7 Å². The number of fused-ring (bicyclic) bond motifs is 1. The molecule has 2 heterocycles. The predicted octanol–water partition coefficient (Wildman–Crippen LogP) is 2.69. The van der Waals surface area contributed by atoms with E-state index in [4.69, 9.17) is 0 Å². The molecule has 0 radical (unpaired) electrons. The molecular weight excluding hydrogens is 416 g/mol. The van der Waals surface area contributed by atoms with Gasteiger partial charge in [0.25, 0.3) is 5.56 Å². The molecule has 0 saturated carbocycles. The van der Waals surface area contributed by atoms with Gasteiger partial charge in [0.05, 0.1) is 29.0 Å². The van der Waals surface area contributed by atoms with Gasteiger partial charge in [-0.05, 0) is 49.6 Å². The molecule has 1 aromatic heterocycles. The molecule has 3 aromatic rings. The Balaban J connectivity index is 1.69. The highest BCUT2D eigenvalue weighted by molar-refractivity contribution is 7.89. The van der Waals surface area contributed by atoms with E-state index in [0.717, 1.165) is 5.56 Å². The standard InChI is InChI=1S/C22H24N4O4S/c1-15-9-10-20(24-16(2)27)21(12-15)31(29,30)25-11-5-6-17(13-25)26-14-23-19-8-4-3-7-18(19)22(26)28/h3-4,7-10,12,14,17H,5-6,11,13H2,1-2H3,(H,24,27)/t17-/m1/s1. The maximum Gasteiger partial charge on any atom is 0.261 e. The number of amides is 1. The summed E-state index contributed by atoms with van der Waals surface area (Å²) >= 11 is 0. The molecule has 1 saturated heterocycles. The first-order chi connectivity index (χ1) is 14.8. The van der Waals surface area contributed by atoms with Crippen LogP contribution in [0.5, 0.6) is 0 Å². The lowest BCUT2D eigenvalue weighted by Gasteiger charge is -2.33. The van der Waals surface area contributed by atoms with Gasteiger partial charge in [-0.2, -0.15) is 4.31 Å². The largest absolute Gasteiger partial charge is 0.325 e. The Kier molecular flexibility index (Phi) is 5.63. The van der Waals surface area contributed by atoms with E-state index in [-0.39, 0.29) is 34.6 Å². The van der Waals surface area contributed by atoms with E-state index < -0.39 is 10.0 Å². The second-order valence-electron chi connectivity index (χ2n) is 7.81. The number of carbonyl (C=O) groups excluding carboxylic acids is 1. The van der Waals surface area contributed by atoms with Crippen LogP contribution in [0, 0.1) is 6.92 Å². The number of sulfonamides is 1. The number of rotatable bonds is 4. The van der Waals surface area contributed by atoms with Crippen molar-refractivity contribution in [2.75, 3.05) is 18.4 Å². The second-order valence-corrected chi connectivity index (χ2v) is 9.72. The fourth-order valence-corrected chi connectivity index (χ4v) is 5.73. The van der Waals surface area contributed by atoms with Gasteiger partial charge in [0.15, 0.2) is 0 Å². The SMILES string of the molecule is CC(=O)Nc1ccc(C)cc1S(=O)(=O)N1CCC[C@@H](n2cnc3ccccc3c2=O)C1. The second kappa shape index (κ2) is 8.24. The van der Waals surface area contributed by atoms with Crippen LogP contribution in [0.3, 0.4) is 0 Å². The van der Waals surface area contributed by atoms with E-state index in [1.54, 1.807) is 43.3 Å². The Morgan fingerprint density at radius 2 is 1.97 bits per heavy atom. The van der Waals surface area contributed by atoms with E-state index in [1.807, 2.05) is 6.07 Å². The molecule has 4 rings (SSSR count). The quantitative estimate of drug-likeness (QED) is 0.672. The average molecular weight is 441 g/mol. The molecule has 1 atom stereocenters. The van der Waals surface area contributed by atoms with Gasteiger partial charge in [-0.1, -0.05) is 18.2 Å².